The highest BCUT2D eigenvalue weighted by Crippen LogP contribution is 2.12. The van der Waals surface area contributed by atoms with Gasteiger partial charge in [0.1, 0.15) is 4.60 Å². The molecule has 3 rings (SSSR count). The molecule has 0 aliphatic carbocycles. The van der Waals surface area contributed by atoms with Gasteiger partial charge in [0.15, 0.2) is 5.65 Å². The quantitative estimate of drug-likeness (QED) is 0.933. The molecule has 0 unspecified atom stereocenters. The molecule has 0 saturated carbocycles. The van der Waals surface area contributed by atoms with E-state index in [0.717, 1.165) is 16.8 Å². The van der Waals surface area contributed by atoms with Crippen LogP contribution >= 0.6 is 15.9 Å². The summed E-state index contributed by atoms with van der Waals surface area (Å²) in [5.41, 5.74) is 2.07. The summed E-state index contributed by atoms with van der Waals surface area (Å²) in [5, 5.41) is 3.63. The largest absolute Gasteiger partial charge is 0.308 e. The highest BCUT2D eigenvalue weighted by Gasteiger charge is 2.16. The molecule has 0 atom stereocenters. The van der Waals surface area contributed by atoms with E-state index in [4.69, 9.17) is 0 Å². The van der Waals surface area contributed by atoms with E-state index in [9.17, 15) is 0 Å². The van der Waals surface area contributed by atoms with Crippen molar-refractivity contribution in [2.24, 2.45) is 0 Å². The Balaban J connectivity index is 1.67. The van der Waals surface area contributed by atoms with Crippen LogP contribution in [-0.4, -0.2) is 45.4 Å². The van der Waals surface area contributed by atoms with E-state index in [1.54, 1.807) is 6.20 Å². The van der Waals surface area contributed by atoms with Crippen molar-refractivity contribution in [3.05, 3.63) is 28.9 Å². The number of hydrogen-bond acceptors (Lipinski definition) is 4. The van der Waals surface area contributed by atoms with Crippen molar-refractivity contribution in [2.45, 2.75) is 25.4 Å². The standard InChI is InChI=1S/C13H18BrN5/c1-18-4-2-10(3-5-18)15-6-11-7-17-13-8-16-12(14)9-19(11)13/h7-10,15H,2-6H2,1H3. The van der Waals surface area contributed by atoms with E-state index in [2.05, 4.69) is 47.6 Å². The average Bonchev–Trinajstić information content (AvgIpc) is 2.80. The van der Waals surface area contributed by atoms with Gasteiger partial charge >= 0.3 is 0 Å². The minimum Gasteiger partial charge on any atom is -0.308 e. The molecule has 0 aromatic carbocycles. The van der Waals surface area contributed by atoms with E-state index in [1.165, 1.54) is 31.6 Å². The maximum Gasteiger partial charge on any atom is 0.155 e. The summed E-state index contributed by atoms with van der Waals surface area (Å²) in [7, 11) is 2.19. The Morgan fingerprint density at radius 1 is 1.32 bits per heavy atom. The normalized spacial score (nSPS) is 18.2. The minimum absolute atomic E-state index is 0.618. The highest BCUT2D eigenvalue weighted by atomic mass is 79.9. The van der Waals surface area contributed by atoms with Gasteiger partial charge in [0.05, 0.1) is 18.1 Å². The Labute approximate surface area is 121 Å². The maximum atomic E-state index is 4.37. The molecule has 0 spiro atoms. The number of fused-ring (bicyclic) bond motifs is 1. The molecule has 3 heterocycles. The van der Waals surface area contributed by atoms with Crippen molar-refractivity contribution >= 4 is 21.6 Å². The molecular formula is C13H18BrN5. The average molecular weight is 324 g/mol. The second kappa shape index (κ2) is 5.56. The lowest BCUT2D eigenvalue weighted by Gasteiger charge is -2.29. The SMILES string of the molecule is CN1CCC(NCc2cnc3cnc(Br)cn23)CC1. The van der Waals surface area contributed by atoms with Crippen molar-refractivity contribution < 1.29 is 0 Å². The van der Waals surface area contributed by atoms with Gasteiger partial charge in [-0.2, -0.15) is 0 Å². The van der Waals surface area contributed by atoms with E-state index >= 15 is 0 Å². The Bertz CT molecular complexity index is 559. The number of nitrogens with one attached hydrogen (secondary N) is 1. The monoisotopic (exact) mass is 323 g/mol. The van der Waals surface area contributed by atoms with Gasteiger partial charge in [-0.05, 0) is 48.9 Å². The highest BCUT2D eigenvalue weighted by molar-refractivity contribution is 9.10. The molecular weight excluding hydrogens is 306 g/mol. The number of likely N-dealkylation sites (tertiary alicyclic amines) is 1. The summed E-state index contributed by atoms with van der Waals surface area (Å²) in [4.78, 5) is 10.9. The fourth-order valence-electron chi connectivity index (χ4n) is 2.51. The third-order valence-electron chi connectivity index (χ3n) is 3.73. The topological polar surface area (TPSA) is 45.5 Å². The van der Waals surface area contributed by atoms with E-state index in [0.29, 0.717) is 6.04 Å². The van der Waals surface area contributed by atoms with Gasteiger partial charge in [-0.1, -0.05) is 0 Å². The number of piperidine rings is 1. The van der Waals surface area contributed by atoms with Crippen LogP contribution in [0.15, 0.2) is 23.2 Å². The summed E-state index contributed by atoms with van der Waals surface area (Å²) in [6.45, 7) is 3.21. The lowest BCUT2D eigenvalue weighted by molar-refractivity contribution is 0.233. The molecule has 1 saturated heterocycles. The number of nitrogens with zero attached hydrogens (tertiary/aromatic N) is 4. The van der Waals surface area contributed by atoms with Gasteiger partial charge in [0, 0.05) is 18.8 Å². The molecule has 0 amide bonds. The molecule has 2 aromatic heterocycles. The third kappa shape index (κ3) is 2.96. The second-order valence-corrected chi connectivity index (χ2v) is 5.96. The molecule has 1 fully saturated rings. The Kier molecular flexibility index (Phi) is 3.81. The van der Waals surface area contributed by atoms with Crippen molar-refractivity contribution in [2.75, 3.05) is 20.1 Å². The number of halogens is 1. The number of hydrogen-bond donors (Lipinski definition) is 1. The molecule has 0 radical (unpaired) electrons. The predicted molar refractivity (Wildman–Crippen MR) is 78.0 cm³/mol. The van der Waals surface area contributed by atoms with Gasteiger partial charge in [-0.15, -0.1) is 0 Å². The fraction of sp³-hybridized carbons (Fsp3) is 0.538. The van der Waals surface area contributed by atoms with Crippen molar-refractivity contribution in [1.82, 2.24) is 24.6 Å². The zero-order valence-electron chi connectivity index (χ0n) is 11.0. The van der Waals surface area contributed by atoms with E-state index < -0.39 is 0 Å². The van der Waals surface area contributed by atoms with Gasteiger partial charge in [0.2, 0.25) is 0 Å². The third-order valence-corrected chi connectivity index (χ3v) is 4.14. The Morgan fingerprint density at radius 2 is 2.11 bits per heavy atom. The van der Waals surface area contributed by atoms with Crippen LogP contribution < -0.4 is 5.32 Å². The molecule has 19 heavy (non-hydrogen) atoms. The van der Waals surface area contributed by atoms with Gasteiger partial charge < -0.3 is 10.2 Å². The summed E-state index contributed by atoms with van der Waals surface area (Å²) in [5.74, 6) is 0. The van der Waals surface area contributed by atoms with E-state index in [1.807, 2.05) is 12.4 Å². The van der Waals surface area contributed by atoms with Gasteiger partial charge in [-0.25, -0.2) is 9.97 Å². The van der Waals surface area contributed by atoms with Crippen LogP contribution in [0.1, 0.15) is 18.5 Å². The number of aromatic nitrogens is 3. The van der Waals surface area contributed by atoms with Crippen LogP contribution in [0, 0.1) is 0 Å². The van der Waals surface area contributed by atoms with Crippen LogP contribution in [0.4, 0.5) is 0 Å². The van der Waals surface area contributed by atoms with Gasteiger partial charge in [-0.3, -0.25) is 4.40 Å². The zero-order valence-corrected chi connectivity index (χ0v) is 12.6. The minimum atomic E-state index is 0.618. The zero-order chi connectivity index (χ0) is 13.2. The summed E-state index contributed by atoms with van der Waals surface area (Å²) >= 11 is 3.40. The molecule has 102 valence electrons. The summed E-state index contributed by atoms with van der Waals surface area (Å²) in [6.07, 6.45) is 8.11. The number of imidazole rings is 1. The molecule has 1 aliphatic rings. The molecule has 1 N–H and O–H groups in total. The first kappa shape index (κ1) is 13.0. The van der Waals surface area contributed by atoms with Crippen LogP contribution in [0.3, 0.4) is 0 Å². The molecule has 2 aromatic rings. The summed E-state index contributed by atoms with van der Waals surface area (Å²) < 4.78 is 2.91. The molecule has 6 heteroatoms. The lowest BCUT2D eigenvalue weighted by Crippen LogP contribution is -2.40. The van der Waals surface area contributed by atoms with Crippen molar-refractivity contribution in [1.29, 1.82) is 0 Å². The van der Waals surface area contributed by atoms with Crippen molar-refractivity contribution in [3.8, 4) is 0 Å². The molecule has 0 bridgehead atoms. The van der Waals surface area contributed by atoms with Crippen molar-refractivity contribution in [3.63, 3.8) is 0 Å². The van der Waals surface area contributed by atoms with Crippen LogP contribution in [-0.2, 0) is 6.54 Å². The first-order chi connectivity index (χ1) is 9.22. The first-order valence-corrected chi connectivity index (χ1v) is 7.41. The van der Waals surface area contributed by atoms with Crippen LogP contribution in [0.2, 0.25) is 0 Å². The van der Waals surface area contributed by atoms with Crippen LogP contribution in [0.5, 0.6) is 0 Å². The molecule has 5 nitrogen and oxygen atoms in total. The number of rotatable bonds is 3. The first-order valence-electron chi connectivity index (χ1n) is 6.62. The smallest absolute Gasteiger partial charge is 0.155 e. The second-order valence-electron chi connectivity index (χ2n) is 5.15. The summed E-state index contributed by atoms with van der Waals surface area (Å²) in [6, 6.07) is 0.618. The fourth-order valence-corrected chi connectivity index (χ4v) is 2.82. The van der Waals surface area contributed by atoms with E-state index in [-0.39, 0.29) is 0 Å². The Morgan fingerprint density at radius 3 is 2.89 bits per heavy atom. The van der Waals surface area contributed by atoms with Crippen LogP contribution in [0.25, 0.3) is 5.65 Å². The maximum absolute atomic E-state index is 4.37. The lowest BCUT2D eigenvalue weighted by atomic mass is 10.1. The van der Waals surface area contributed by atoms with Gasteiger partial charge in [0.25, 0.3) is 0 Å². The Hall–Kier alpha value is -0.980. The predicted octanol–water partition coefficient (Wildman–Crippen LogP) is 1.68. The molecule has 1 aliphatic heterocycles.